The second-order valence-electron chi connectivity index (χ2n) is 4.92. The maximum absolute atomic E-state index is 12.1. The normalized spacial score (nSPS) is 17.3. The maximum Gasteiger partial charge on any atom is 0.246 e. The van der Waals surface area contributed by atoms with E-state index in [0.717, 1.165) is 39.0 Å². The van der Waals surface area contributed by atoms with Crippen LogP contribution in [-0.4, -0.2) is 41.4 Å². The Morgan fingerprint density at radius 2 is 2.32 bits per heavy atom. The van der Waals surface area contributed by atoms with E-state index in [1.807, 2.05) is 11.0 Å². The molecule has 2 heterocycles. The predicted molar refractivity (Wildman–Crippen MR) is 80.2 cm³/mol. The topological polar surface area (TPSA) is 23.6 Å². The van der Waals surface area contributed by atoms with E-state index in [1.165, 1.54) is 11.0 Å². The Morgan fingerprint density at radius 1 is 1.58 bits per heavy atom. The first-order valence-corrected chi connectivity index (χ1v) is 7.80. The number of rotatable bonds is 5. The summed E-state index contributed by atoms with van der Waals surface area (Å²) < 4.78 is 0. The zero-order chi connectivity index (χ0) is 13.7. The lowest BCUT2D eigenvalue weighted by Gasteiger charge is -2.37. The fraction of sp³-hybridized carbons (Fsp3) is 0.533. The number of piperidine rings is 1. The zero-order valence-electron chi connectivity index (χ0n) is 11.5. The van der Waals surface area contributed by atoms with Crippen molar-refractivity contribution < 1.29 is 4.79 Å². The second kappa shape index (κ2) is 6.87. The van der Waals surface area contributed by atoms with E-state index in [4.69, 9.17) is 0 Å². The van der Waals surface area contributed by atoms with Crippen molar-refractivity contribution in [2.45, 2.75) is 32.4 Å². The highest BCUT2D eigenvalue weighted by molar-refractivity contribution is 7.09. The molecule has 1 fully saturated rings. The molecule has 104 valence electrons. The fourth-order valence-electron chi connectivity index (χ4n) is 2.62. The van der Waals surface area contributed by atoms with E-state index in [2.05, 4.69) is 29.8 Å². The van der Waals surface area contributed by atoms with Gasteiger partial charge < -0.3 is 9.80 Å². The molecule has 1 saturated heterocycles. The molecule has 0 N–H and O–H groups in total. The van der Waals surface area contributed by atoms with Gasteiger partial charge in [0.1, 0.15) is 0 Å². The zero-order valence-corrected chi connectivity index (χ0v) is 12.4. The average Bonchev–Trinajstić information content (AvgIpc) is 2.97. The first kappa shape index (κ1) is 14.3. The molecule has 0 aliphatic carbocycles. The number of hydrogen-bond donors (Lipinski definition) is 0. The third-order valence-corrected chi connectivity index (χ3v) is 4.67. The molecule has 1 aliphatic heterocycles. The Morgan fingerprint density at radius 3 is 2.84 bits per heavy atom. The number of carbonyl (C=O) groups excluding carboxylic acids is 1. The van der Waals surface area contributed by atoms with Crippen molar-refractivity contribution in [3.05, 3.63) is 35.0 Å². The first-order valence-electron chi connectivity index (χ1n) is 6.92. The van der Waals surface area contributed by atoms with Gasteiger partial charge in [0.15, 0.2) is 0 Å². The van der Waals surface area contributed by atoms with Gasteiger partial charge in [-0.25, -0.2) is 0 Å². The van der Waals surface area contributed by atoms with Crippen molar-refractivity contribution in [2.24, 2.45) is 0 Å². The number of carbonyl (C=O) groups is 1. The van der Waals surface area contributed by atoms with E-state index in [9.17, 15) is 4.79 Å². The fourth-order valence-corrected chi connectivity index (χ4v) is 3.32. The van der Waals surface area contributed by atoms with Gasteiger partial charge in [0.25, 0.3) is 0 Å². The molecule has 0 spiro atoms. The highest BCUT2D eigenvalue weighted by Gasteiger charge is 2.26. The van der Waals surface area contributed by atoms with Crippen LogP contribution in [0.5, 0.6) is 0 Å². The quantitative estimate of drug-likeness (QED) is 0.773. The minimum Gasteiger partial charge on any atom is -0.331 e. The third kappa shape index (κ3) is 3.67. The van der Waals surface area contributed by atoms with Gasteiger partial charge in [0.05, 0.1) is 6.54 Å². The van der Waals surface area contributed by atoms with Crippen molar-refractivity contribution in [1.29, 1.82) is 0 Å². The first-order chi connectivity index (χ1) is 9.24. The summed E-state index contributed by atoms with van der Waals surface area (Å²) in [4.78, 5) is 17.8. The predicted octanol–water partition coefficient (Wildman–Crippen LogP) is 2.75. The van der Waals surface area contributed by atoms with Crippen molar-refractivity contribution >= 4 is 17.2 Å². The Kier molecular flexibility index (Phi) is 5.16. The molecule has 0 aromatic carbocycles. The molecule has 0 bridgehead atoms. The van der Waals surface area contributed by atoms with Crippen molar-refractivity contribution in [2.75, 3.05) is 19.6 Å². The van der Waals surface area contributed by atoms with E-state index in [0.29, 0.717) is 6.04 Å². The monoisotopic (exact) mass is 278 g/mol. The van der Waals surface area contributed by atoms with Gasteiger partial charge >= 0.3 is 0 Å². The Hall–Kier alpha value is -1.13. The van der Waals surface area contributed by atoms with Gasteiger partial charge in [-0.3, -0.25) is 4.79 Å². The van der Waals surface area contributed by atoms with Crippen LogP contribution in [0.2, 0.25) is 0 Å². The van der Waals surface area contributed by atoms with Gasteiger partial charge in [-0.05, 0) is 36.9 Å². The molecule has 0 radical (unpaired) electrons. The van der Waals surface area contributed by atoms with Gasteiger partial charge in [-0.2, -0.15) is 0 Å². The SMILES string of the molecule is C=CC(=O)N(Cc1cccs1)C1CCN(CC)CC1. The van der Waals surface area contributed by atoms with E-state index in [1.54, 1.807) is 11.3 Å². The molecule has 2 rings (SSSR count). The van der Waals surface area contributed by atoms with Crippen LogP contribution in [0.1, 0.15) is 24.6 Å². The highest BCUT2D eigenvalue weighted by atomic mass is 32.1. The second-order valence-corrected chi connectivity index (χ2v) is 5.95. The van der Waals surface area contributed by atoms with Gasteiger partial charge in [0, 0.05) is 24.0 Å². The number of nitrogens with zero attached hydrogens (tertiary/aromatic N) is 2. The van der Waals surface area contributed by atoms with Crippen molar-refractivity contribution in [3.8, 4) is 0 Å². The van der Waals surface area contributed by atoms with Crippen LogP contribution in [0.4, 0.5) is 0 Å². The lowest BCUT2D eigenvalue weighted by atomic mass is 10.0. The molecule has 1 aromatic heterocycles. The lowest BCUT2D eigenvalue weighted by Crippen LogP contribution is -2.46. The van der Waals surface area contributed by atoms with Crippen LogP contribution in [0.15, 0.2) is 30.2 Å². The van der Waals surface area contributed by atoms with E-state index >= 15 is 0 Å². The largest absolute Gasteiger partial charge is 0.331 e. The number of amides is 1. The van der Waals surface area contributed by atoms with Gasteiger partial charge in [-0.1, -0.05) is 19.6 Å². The van der Waals surface area contributed by atoms with Crippen LogP contribution >= 0.6 is 11.3 Å². The standard InChI is InChI=1S/C15H22N2OS/c1-3-15(18)17(12-14-6-5-11-19-14)13-7-9-16(4-2)10-8-13/h3,5-6,11,13H,1,4,7-10,12H2,2H3. The van der Waals surface area contributed by atoms with Crippen LogP contribution in [-0.2, 0) is 11.3 Å². The average molecular weight is 278 g/mol. The van der Waals surface area contributed by atoms with Crippen LogP contribution in [0, 0.1) is 0 Å². The Labute approximate surface area is 119 Å². The smallest absolute Gasteiger partial charge is 0.246 e. The summed E-state index contributed by atoms with van der Waals surface area (Å²) in [7, 11) is 0. The Balaban J connectivity index is 2.01. The summed E-state index contributed by atoms with van der Waals surface area (Å²) in [5.41, 5.74) is 0. The van der Waals surface area contributed by atoms with Gasteiger partial charge in [-0.15, -0.1) is 11.3 Å². The third-order valence-electron chi connectivity index (χ3n) is 3.81. The molecule has 1 aliphatic rings. The lowest BCUT2D eigenvalue weighted by molar-refractivity contribution is -0.129. The highest BCUT2D eigenvalue weighted by Crippen LogP contribution is 2.21. The van der Waals surface area contributed by atoms with Crippen LogP contribution in [0.3, 0.4) is 0 Å². The molecule has 1 aromatic rings. The molecule has 1 amide bonds. The summed E-state index contributed by atoms with van der Waals surface area (Å²) in [6, 6.07) is 4.49. The molecule has 0 saturated carbocycles. The molecular weight excluding hydrogens is 256 g/mol. The summed E-state index contributed by atoms with van der Waals surface area (Å²) in [5.74, 6) is 0.0587. The minimum absolute atomic E-state index is 0.0587. The van der Waals surface area contributed by atoms with Crippen LogP contribution < -0.4 is 0 Å². The summed E-state index contributed by atoms with van der Waals surface area (Å²) in [6.07, 6.45) is 3.58. The molecule has 0 unspecified atom stereocenters. The molecular formula is C15H22N2OS. The van der Waals surface area contributed by atoms with Gasteiger partial charge in [0.2, 0.25) is 5.91 Å². The van der Waals surface area contributed by atoms with Crippen LogP contribution in [0.25, 0.3) is 0 Å². The Bertz CT molecular complexity index is 408. The molecule has 3 nitrogen and oxygen atoms in total. The number of hydrogen-bond acceptors (Lipinski definition) is 3. The molecule has 4 heteroatoms. The number of likely N-dealkylation sites (tertiary alicyclic amines) is 1. The minimum atomic E-state index is 0.0587. The van der Waals surface area contributed by atoms with E-state index in [-0.39, 0.29) is 5.91 Å². The summed E-state index contributed by atoms with van der Waals surface area (Å²) >= 11 is 1.71. The molecule has 19 heavy (non-hydrogen) atoms. The van der Waals surface area contributed by atoms with Crippen molar-refractivity contribution in [3.63, 3.8) is 0 Å². The van der Waals surface area contributed by atoms with E-state index < -0.39 is 0 Å². The number of thiophene rings is 1. The summed E-state index contributed by atoms with van der Waals surface area (Å²) in [6.45, 7) is 9.84. The summed E-state index contributed by atoms with van der Waals surface area (Å²) in [5, 5.41) is 2.06. The van der Waals surface area contributed by atoms with Crippen molar-refractivity contribution in [1.82, 2.24) is 9.80 Å². The maximum atomic E-state index is 12.1. The molecule has 0 atom stereocenters.